The largest absolute Gasteiger partial charge is 0.459 e. The van der Waals surface area contributed by atoms with Crippen LogP contribution in [0.25, 0.3) is 5.65 Å². The van der Waals surface area contributed by atoms with Gasteiger partial charge in [0.25, 0.3) is 5.91 Å². The van der Waals surface area contributed by atoms with Crippen LogP contribution in [-0.2, 0) is 4.79 Å². The summed E-state index contributed by atoms with van der Waals surface area (Å²) in [6.07, 6.45) is 5.98. The summed E-state index contributed by atoms with van der Waals surface area (Å²) in [5, 5.41) is 14.0. The molecule has 3 rings (SSSR count). The molecular weight excluding hydrogens is 366 g/mol. The Hall–Kier alpha value is -2.81. The highest BCUT2D eigenvalue weighted by Crippen LogP contribution is 2.18. The molecule has 2 N–H and O–H groups in total. The molecule has 0 bridgehead atoms. The molecular formula is C18H21N5O3S. The lowest BCUT2D eigenvalue weighted by molar-refractivity contribution is -0.123. The van der Waals surface area contributed by atoms with E-state index in [0.717, 1.165) is 11.4 Å². The van der Waals surface area contributed by atoms with Gasteiger partial charge in [0.2, 0.25) is 5.91 Å². The Bertz CT molecular complexity index is 909. The van der Waals surface area contributed by atoms with Crippen molar-refractivity contribution in [3.05, 3.63) is 54.4 Å². The Balaban J connectivity index is 1.72. The van der Waals surface area contributed by atoms with E-state index < -0.39 is 11.9 Å². The Kier molecular flexibility index (Phi) is 6.12. The van der Waals surface area contributed by atoms with Gasteiger partial charge in [-0.05, 0) is 49.6 Å². The second kappa shape index (κ2) is 8.72. The third-order valence-electron chi connectivity index (χ3n) is 4.06. The lowest BCUT2D eigenvalue weighted by atomic mass is 10.2. The number of rotatable bonds is 8. The highest BCUT2D eigenvalue weighted by molar-refractivity contribution is 7.98. The number of furan rings is 1. The second-order valence-corrected chi connectivity index (χ2v) is 6.99. The molecule has 27 heavy (non-hydrogen) atoms. The minimum Gasteiger partial charge on any atom is -0.459 e. The van der Waals surface area contributed by atoms with Gasteiger partial charge >= 0.3 is 0 Å². The number of hydrogen-bond acceptors (Lipinski definition) is 6. The molecule has 0 spiro atoms. The summed E-state index contributed by atoms with van der Waals surface area (Å²) in [7, 11) is 0. The number of fused-ring (bicyclic) bond motifs is 1. The Morgan fingerprint density at radius 2 is 2.07 bits per heavy atom. The van der Waals surface area contributed by atoms with E-state index >= 15 is 0 Å². The molecule has 0 fully saturated rings. The summed E-state index contributed by atoms with van der Waals surface area (Å²) in [6, 6.07) is 7.76. The van der Waals surface area contributed by atoms with Crippen molar-refractivity contribution in [1.82, 2.24) is 25.2 Å². The van der Waals surface area contributed by atoms with E-state index in [2.05, 4.69) is 20.8 Å². The summed E-state index contributed by atoms with van der Waals surface area (Å²) in [5.74, 6) is 0.944. The van der Waals surface area contributed by atoms with Crippen LogP contribution in [0, 0.1) is 0 Å². The number of carbonyl (C=O) groups is 2. The molecule has 0 saturated heterocycles. The lowest BCUT2D eigenvalue weighted by Gasteiger charge is -2.20. The average molecular weight is 387 g/mol. The van der Waals surface area contributed by atoms with Crippen molar-refractivity contribution in [3.8, 4) is 0 Å². The molecule has 142 valence electrons. The van der Waals surface area contributed by atoms with Crippen molar-refractivity contribution in [2.45, 2.75) is 25.4 Å². The van der Waals surface area contributed by atoms with Gasteiger partial charge in [0.1, 0.15) is 6.04 Å². The molecule has 8 nitrogen and oxygen atoms in total. The first-order valence-corrected chi connectivity index (χ1v) is 9.93. The Labute approximate surface area is 160 Å². The van der Waals surface area contributed by atoms with Gasteiger partial charge in [0.15, 0.2) is 17.2 Å². The smallest absolute Gasteiger partial charge is 0.287 e. The highest BCUT2D eigenvalue weighted by Gasteiger charge is 2.24. The number of nitrogens with one attached hydrogen (secondary N) is 2. The Morgan fingerprint density at radius 3 is 2.81 bits per heavy atom. The van der Waals surface area contributed by atoms with Crippen molar-refractivity contribution in [2.24, 2.45) is 0 Å². The molecule has 9 heteroatoms. The van der Waals surface area contributed by atoms with Crippen LogP contribution in [-0.4, -0.2) is 44.5 Å². The monoisotopic (exact) mass is 387 g/mol. The third-order valence-corrected chi connectivity index (χ3v) is 4.71. The fraction of sp³-hybridized carbons (Fsp3) is 0.333. The molecule has 0 aliphatic heterocycles. The maximum Gasteiger partial charge on any atom is 0.287 e. The van der Waals surface area contributed by atoms with E-state index in [1.165, 1.54) is 6.26 Å². The van der Waals surface area contributed by atoms with Crippen molar-refractivity contribution < 1.29 is 14.0 Å². The van der Waals surface area contributed by atoms with E-state index in [1.807, 2.05) is 35.1 Å². The summed E-state index contributed by atoms with van der Waals surface area (Å²) in [4.78, 5) is 24.7. The third kappa shape index (κ3) is 4.48. The number of thioether (sulfide) groups is 1. The minimum absolute atomic E-state index is 0.164. The summed E-state index contributed by atoms with van der Waals surface area (Å²) < 4.78 is 6.91. The molecule has 3 aromatic rings. The maximum atomic E-state index is 12.6. The molecule has 2 unspecified atom stereocenters. The molecule has 2 atom stereocenters. The molecule has 3 aromatic heterocycles. The summed E-state index contributed by atoms with van der Waals surface area (Å²) >= 11 is 1.69. The van der Waals surface area contributed by atoms with E-state index in [9.17, 15) is 9.59 Å². The van der Waals surface area contributed by atoms with Gasteiger partial charge < -0.3 is 15.1 Å². The molecule has 0 aliphatic carbocycles. The minimum atomic E-state index is -0.724. The molecule has 0 saturated carbocycles. The van der Waals surface area contributed by atoms with Crippen molar-refractivity contribution in [2.75, 3.05) is 12.0 Å². The zero-order valence-corrected chi connectivity index (χ0v) is 15.9. The first-order valence-electron chi connectivity index (χ1n) is 8.53. The number of aromatic nitrogens is 3. The van der Waals surface area contributed by atoms with Gasteiger partial charge in [0, 0.05) is 6.20 Å². The lowest BCUT2D eigenvalue weighted by Crippen LogP contribution is -2.46. The van der Waals surface area contributed by atoms with Gasteiger partial charge in [-0.2, -0.15) is 11.8 Å². The van der Waals surface area contributed by atoms with Crippen LogP contribution in [0.3, 0.4) is 0 Å². The Morgan fingerprint density at radius 1 is 1.22 bits per heavy atom. The summed E-state index contributed by atoms with van der Waals surface area (Å²) in [6.45, 7) is 1.63. The zero-order valence-electron chi connectivity index (χ0n) is 15.1. The highest BCUT2D eigenvalue weighted by atomic mass is 32.2. The van der Waals surface area contributed by atoms with Crippen molar-refractivity contribution >= 4 is 29.2 Å². The first-order chi connectivity index (χ1) is 13.1. The number of hydrogen-bond donors (Lipinski definition) is 2. The predicted molar refractivity (Wildman–Crippen MR) is 103 cm³/mol. The van der Waals surface area contributed by atoms with Crippen LogP contribution in [0.2, 0.25) is 0 Å². The van der Waals surface area contributed by atoms with E-state index in [4.69, 9.17) is 4.42 Å². The first kappa shape index (κ1) is 19.0. The quantitative estimate of drug-likeness (QED) is 0.613. The standard InChI is InChI=1S/C18H21N5O3S/c1-12(19-18(25)14-6-5-10-26-14)17(24)20-13(8-11-27-2)16-22-21-15-7-3-4-9-23(15)16/h3-7,9-10,12-13H,8,11H2,1-2H3,(H,19,25)(H,20,24). The topological polar surface area (TPSA) is 102 Å². The number of nitrogens with zero attached hydrogens (tertiary/aromatic N) is 3. The number of carbonyl (C=O) groups excluding carboxylic acids is 2. The van der Waals surface area contributed by atoms with E-state index in [-0.39, 0.29) is 17.7 Å². The van der Waals surface area contributed by atoms with Crippen LogP contribution in [0.5, 0.6) is 0 Å². The zero-order chi connectivity index (χ0) is 19.2. The van der Waals surface area contributed by atoms with Crippen LogP contribution in [0.1, 0.15) is 35.8 Å². The predicted octanol–water partition coefficient (Wildman–Crippen LogP) is 2.05. The van der Waals surface area contributed by atoms with Gasteiger partial charge in [0.05, 0.1) is 12.3 Å². The van der Waals surface area contributed by atoms with Crippen LogP contribution >= 0.6 is 11.8 Å². The number of amides is 2. The molecule has 3 heterocycles. The molecule has 2 amide bonds. The second-order valence-electron chi connectivity index (χ2n) is 6.00. The van der Waals surface area contributed by atoms with Crippen LogP contribution < -0.4 is 10.6 Å². The van der Waals surface area contributed by atoms with Gasteiger partial charge in [-0.25, -0.2) is 0 Å². The normalized spacial score (nSPS) is 13.3. The van der Waals surface area contributed by atoms with Gasteiger partial charge in [-0.3, -0.25) is 14.0 Å². The fourth-order valence-corrected chi connectivity index (χ4v) is 3.11. The SMILES string of the molecule is CSCCC(NC(=O)C(C)NC(=O)c1ccco1)c1nnc2ccccn12. The van der Waals surface area contributed by atoms with Crippen molar-refractivity contribution in [1.29, 1.82) is 0 Å². The average Bonchev–Trinajstić information content (AvgIpc) is 3.34. The molecule has 0 aromatic carbocycles. The van der Waals surface area contributed by atoms with E-state index in [1.54, 1.807) is 30.8 Å². The van der Waals surface area contributed by atoms with Crippen LogP contribution in [0.4, 0.5) is 0 Å². The van der Waals surface area contributed by atoms with Crippen molar-refractivity contribution in [3.63, 3.8) is 0 Å². The fourth-order valence-electron chi connectivity index (χ4n) is 2.64. The number of pyridine rings is 1. The summed E-state index contributed by atoms with van der Waals surface area (Å²) in [5.41, 5.74) is 0.718. The van der Waals surface area contributed by atoms with Crippen LogP contribution in [0.15, 0.2) is 47.2 Å². The van der Waals surface area contributed by atoms with E-state index in [0.29, 0.717) is 12.2 Å². The molecule has 0 radical (unpaired) electrons. The maximum absolute atomic E-state index is 12.6. The van der Waals surface area contributed by atoms with Gasteiger partial charge in [-0.1, -0.05) is 6.07 Å². The molecule has 0 aliphatic rings. The van der Waals surface area contributed by atoms with Gasteiger partial charge in [-0.15, -0.1) is 10.2 Å².